The Morgan fingerprint density at radius 2 is 1.91 bits per heavy atom. The van der Waals surface area contributed by atoms with E-state index in [2.05, 4.69) is 0 Å². The fourth-order valence-electron chi connectivity index (χ4n) is 1.85. The topological polar surface area (TPSA) is 80.5 Å². The highest BCUT2D eigenvalue weighted by molar-refractivity contribution is 7.89. The van der Waals surface area contributed by atoms with E-state index >= 15 is 0 Å². The number of sulfonamides is 1. The van der Waals surface area contributed by atoms with Gasteiger partial charge in [-0.1, -0.05) is 25.4 Å². The number of hydrogen-bond acceptors (Lipinski definition) is 3. The van der Waals surface area contributed by atoms with Crippen LogP contribution < -0.4 is 5.73 Å². The number of rotatable bonds is 6. The second kappa shape index (κ2) is 7.06. The first-order valence-corrected chi connectivity index (χ1v) is 8.32. The van der Waals surface area contributed by atoms with Crippen LogP contribution >= 0.6 is 11.6 Å². The zero-order chi connectivity index (χ0) is 18.0. The van der Waals surface area contributed by atoms with E-state index in [0.717, 1.165) is 10.4 Å². The van der Waals surface area contributed by atoms with Crippen molar-refractivity contribution in [1.29, 1.82) is 0 Å². The molecule has 1 aromatic carbocycles. The summed E-state index contributed by atoms with van der Waals surface area (Å²) in [5.74, 6) is -1.09. The van der Waals surface area contributed by atoms with Gasteiger partial charge in [0.05, 0.1) is 17.1 Å². The highest BCUT2D eigenvalue weighted by atomic mass is 35.5. The van der Waals surface area contributed by atoms with Crippen molar-refractivity contribution >= 4 is 27.5 Å². The minimum absolute atomic E-state index is 0.0855. The minimum atomic E-state index is -4.72. The molecule has 10 heteroatoms. The number of amides is 1. The normalized spacial score (nSPS) is 12.9. The third kappa shape index (κ3) is 5.08. The van der Waals surface area contributed by atoms with Crippen molar-refractivity contribution in [2.75, 3.05) is 13.1 Å². The van der Waals surface area contributed by atoms with Gasteiger partial charge in [0.15, 0.2) is 0 Å². The number of halogens is 4. The lowest BCUT2D eigenvalue weighted by Gasteiger charge is -2.23. The van der Waals surface area contributed by atoms with Crippen molar-refractivity contribution < 1.29 is 26.4 Å². The van der Waals surface area contributed by atoms with Crippen molar-refractivity contribution in [2.45, 2.75) is 24.9 Å². The summed E-state index contributed by atoms with van der Waals surface area (Å²) in [4.78, 5) is 10.4. The van der Waals surface area contributed by atoms with Gasteiger partial charge in [0.25, 0.3) is 0 Å². The predicted molar refractivity (Wildman–Crippen MR) is 79.2 cm³/mol. The second-order valence-electron chi connectivity index (χ2n) is 5.30. The van der Waals surface area contributed by atoms with Crippen molar-refractivity contribution in [3.05, 3.63) is 28.8 Å². The Morgan fingerprint density at radius 3 is 2.35 bits per heavy atom. The Morgan fingerprint density at radius 1 is 1.35 bits per heavy atom. The van der Waals surface area contributed by atoms with Crippen LogP contribution in [0.25, 0.3) is 0 Å². The predicted octanol–water partition coefficient (Wildman–Crippen LogP) is 2.49. The van der Waals surface area contributed by atoms with Gasteiger partial charge in [-0.25, -0.2) is 8.42 Å². The largest absolute Gasteiger partial charge is 0.416 e. The SMILES string of the molecule is CC(C)CN(CC(N)=O)S(=O)(=O)c1cc(C(F)(F)F)ccc1Cl. The maximum absolute atomic E-state index is 12.8. The highest BCUT2D eigenvalue weighted by Gasteiger charge is 2.35. The molecular formula is C13H16ClF3N2O3S. The van der Waals surface area contributed by atoms with E-state index in [-0.39, 0.29) is 17.5 Å². The first kappa shape index (κ1) is 19.7. The molecule has 5 nitrogen and oxygen atoms in total. The fraction of sp³-hybridized carbons (Fsp3) is 0.462. The van der Waals surface area contributed by atoms with Crippen LogP contribution in [0.1, 0.15) is 19.4 Å². The molecule has 1 rings (SSSR count). The second-order valence-corrected chi connectivity index (χ2v) is 7.61. The Hall–Kier alpha value is -1.32. The van der Waals surface area contributed by atoms with Crippen LogP contribution in [-0.2, 0) is 21.0 Å². The molecule has 0 unspecified atom stereocenters. The maximum atomic E-state index is 12.8. The Bertz CT molecular complexity index is 690. The smallest absolute Gasteiger partial charge is 0.369 e. The molecule has 1 aromatic rings. The first-order chi connectivity index (χ1) is 10.4. The summed E-state index contributed by atoms with van der Waals surface area (Å²) in [6, 6.07) is 1.99. The fourth-order valence-corrected chi connectivity index (χ4v) is 3.92. The van der Waals surface area contributed by atoms with Gasteiger partial charge < -0.3 is 5.73 Å². The molecule has 23 heavy (non-hydrogen) atoms. The monoisotopic (exact) mass is 372 g/mol. The summed E-state index contributed by atoms with van der Waals surface area (Å²) in [5.41, 5.74) is 3.87. The van der Waals surface area contributed by atoms with Gasteiger partial charge in [0, 0.05) is 6.54 Å². The summed E-state index contributed by atoms with van der Waals surface area (Å²) < 4.78 is 64.2. The molecule has 0 bridgehead atoms. The third-order valence-corrected chi connectivity index (χ3v) is 5.07. The van der Waals surface area contributed by atoms with Crippen LogP contribution in [0.5, 0.6) is 0 Å². The van der Waals surface area contributed by atoms with E-state index in [1.165, 1.54) is 0 Å². The molecule has 0 aliphatic rings. The van der Waals surface area contributed by atoms with Gasteiger partial charge in [-0.3, -0.25) is 4.79 Å². The summed E-state index contributed by atoms with van der Waals surface area (Å²) >= 11 is 5.76. The standard InChI is InChI=1S/C13H16ClF3N2O3S/c1-8(2)6-19(7-12(18)20)23(21,22)11-5-9(13(15,16)17)3-4-10(11)14/h3-5,8H,6-7H2,1-2H3,(H2,18,20). The Labute approximate surface area is 137 Å². The maximum Gasteiger partial charge on any atom is 0.416 e. The van der Waals surface area contributed by atoms with Crippen LogP contribution in [0.3, 0.4) is 0 Å². The van der Waals surface area contributed by atoms with E-state index < -0.39 is 39.1 Å². The molecule has 0 aromatic heterocycles. The average Bonchev–Trinajstić information content (AvgIpc) is 2.35. The molecule has 2 N–H and O–H groups in total. The minimum Gasteiger partial charge on any atom is -0.369 e. The van der Waals surface area contributed by atoms with Crippen molar-refractivity contribution in [3.63, 3.8) is 0 Å². The number of hydrogen-bond donors (Lipinski definition) is 1. The molecule has 0 atom stereocenters. The average molecular weight is 373 g/mol. The molecular weight excluding hydrogens is 357 g/mol. The number of primary amides is 1. The number of carbonyl (C=O) groups excluding carboxylic acids is 1. The molecule has 0 aliphatic carbocycles. The number of benzene rings is 1. The molecule has 1 amide bonds. The first-order valence-electron chi connectivity index (χ1n) is 6.51. The van der Waals surface area contributed by atoms with Crippen LogP contribution in [0.15, 0.2) is 23.1 Å². The van der Waals surface area contributed by atoms with Gasteiger partial charge in [0.1, 0.15) is 4.90 Å². The van der Waals surface area contributed by atoms with Crippen molar-refractivity contribution in [1.82, 2.24) is 4.31 Å². The molecule has 0 fully saturated rings. The van der Waals surface area contributed by atoms with Gasteiger partial charge in [-0.15, -0.1) is 0 Å². The van der Waals surface area contributed by atoms with E-state index in [1.54, 1.807) is 13.8 Å². The number of carbonyl (C=O) groups is 1. The van der Waals surface area contributed by atoms with E-state index in [9.17, 15) is 26.4 Å². The van der Waals surface area contributed by atoms with Crippen LogP contribution in [0, 0.1) is 5.92 Å². The van der Waals surface area contributed by atoms with Gasteiger partial charge >= 0.3 is 6.18 Å². The summed E-state index contributed by atoms with van der Waals surface area (Å²) in [5, 5.41) is -0.365. The lowest BCUT2D eigenvalue weighted by molar-refractivity contribution is -0.137. The number of alkyl halides is 3. The molecule has 0 saturated carbocycles. The summed E-state index contributed by atoms with van der Waals surface area (Å²) in [7, 11) is -4.40. The highest BCUT2D eigenvalue weighted by Crippen LogP contribution is 2.34. The van der Waals surface area contributed by atoms with E-state index in [0.29, 0.717) is 12.1 Å². The zero-order valence-corrected chi connectivity index (χ0v) is 14.0. The van der Waals surface area contributed by atoms with Gasteiger partial charge in [-0.2, -0.15) is 17.5 Å². The number of nitrogens with zero attached hydrogens (tertiary/aromatic N) is 1. The van der Waals surface area contributed by atoms with Crippen LogP contribution in [0.2, 0.25) is 5.02 Å². The quantitative estimate of drug-likeness (QED) is 0.833. The van der Waals surface area contributed by atoms with Crippen LogP contribution in [0.4, 0.5) is 13.2 Å². The molecule has 0 aliphatic heterocycles. The Kier molecular flexibility index (Phi) is 6.06. The van der Waals surface area contributed by atoms with Crippen LogP contribution in [-0.4, -0.2) is 31.7 Å². The summed E-state index contributed by atoms with van der Waals surface area (Å²) in [6.45, 7) is 2.65. The van der Waals surface area contributed by atoms with Crippen molar-refractivity contribution in [2.24, 2.45) is 11.7 Å². The lowest BCUT2D eigenvalue weighted by atomic mass is 10.2. The van der Waals surface area contributed by atoms with E-state index in [1.807, 2.05) is 0 Å². The molecule has 0 radical (unpaired) electrons. The number of nitrogens with two attached hydrogens (primary N) is 1. The third-order valence-electron chi connectivity index (χ3n) is 2.78. The molecule has 0 spiro atoms. The molecule has 130 valence electrons. The van der Waals surface area contributed by atoms with E-state index in [4.69, 9.17) is 17.3 Å². The van der Waals surface area contributed by atoms with Crippen molar-refractivity contribution in [3.8, 4) is 0 Å². The Balaban J connectivity index is 3.41. The van der Waals surface area contributed by atoms with Gasteiger partial charge in [0.2, 0.25) is 15.9 Å². The zero-order valence-electron chi connectivity index (χ0n) is 12.4. The molecule has 0 heterocycles. The lowest BCUT2D eigenvalue weighted by Crippen LogP contribution is -2.40. The summed E-state index contributed by atoms with van der Waals surface area (Å²) in [6.07, 6.45) is -4.72. The van der Waals surface area contributed by atoms with Gasteiger partial charge in [-0.05, 0) is 24.1 Å². The molecule has 0 saturated heterocycles.